The monoisotopic (exact) mass is 397 g/mol. The van der Waals surface area contributed by atoms with Gasteiger partial charge in [-0.05, 0) is 29.1 Å². The van der Waals surface area contributed by atoms with E-state index in [1.807, 2.05) is 53.2 Å². The van der Waals surface area contributed by atoms with Crippen LogP contribution in [0.3, 0.4) is 0 Å². The standard InChI is InChI=1S/C23H25FN2OS/c1-16(2)22(18-10-12-19(24)13-11-18)25-15-21(27)26-23(20-9-6-14-28-20)17-7-4-3-5-8-17/h3-14,16,22-23,25H,15H2,1-2H3,(H,26,27)/p+1/t22-,23+/m0/s1. The van der Waals surface area contributed by atoms with E-state index in [1.54, 1.807) is 23.5 Å². The van der Waals surface area contributed by atoms with Gasteiger partial charge in [0.1, 0.15) is 11.9 Å². The van der Waals surface area contributed by atoms with Crippen molar-refractivity contribution in [3.63, 3.8) is 0 Å². The van der Waals surface area contributed by atoms with Gasteiger partial charge in [-0.15, -0.1) is 11.3 Å². The summed E-state index contributed by atoms with van der Waals surface area (Å²) in [4.78, 5) is 13.8. The second-order valence-electron chi connectivity index (χ2n) is 7.19. The molecule has 0 saturated carbocycles. The number of carbonyl (C=O) groups excluding carboxylic acids is 1. The van der Waals surface area contributed by atoms with Crippen LogP contribution in [0.5, 0.6) is 0 Å². The molecular formula is C23H26FN2OS+. The van der Waals surface area contributed by atoms with Gasteiger partial charge in [-0.25, -0.2) is 4.39 Å². The summed E-state index contributed by atoms with van der Waals surface area (Å²) in [5, 5.41) is 7.22. The summed E-state index contributed by atoms with van der Waals surface area (Å²) in [6, 6.07) is 20.5. The summed E-state index contributed by atoms with van der Waals surface area (Å²) in [7, 11) is 0. The quantitative estimate of drug-likeness (QED) is 0.592. The number of amides is 1. The second kappa shape index (κ2) is 9.62. The number of hydrogen-bond acceptors (Lipinski definition) is 2. The Balaban J connectivity index is 1.68. The minimum Gasteiger partial charge on any atom is -0.339 e. The molecule has 3 N–H and O–H groups in total. The number of quaternary nitrogens is 1. The van der Waals surface area contributed by atoms with Crippen LogP contribution in [0.4, 0.5) is 4.39 Å². The molecule has 0 spiro atoms. The van der Waals surface area contributed by atoms with Crippen LogP contribution in [0.25, 0.3) is 0 Å². The van der Waals surface area contributed by atoms with Gasteiger partial charge in [-0.2, -0.15) is 0 Å². The van der Waals surface area contributed by atoms with Crippen molar-refractivity contribution in [1.29, 1.82) is 0 Å². The van der Waals surface area contributed by atoms with E-state index >= 15 is 0 Å². The summed E-state index contributed by atoms with van der Waals surface area (Å²) in [6.07, 6.45) is 0. The molecule has 3 rings (SSSR count). The Morgan fingerprint density at radius 3 is 2.32 bits per heavy atom. The fraction of sp³-hybridized carbons (Fsp3) is 0.261. The topological polar surface area (TPSA) is 45.7 Å². The highest BCUT2D eigenvalue weighted by Crippen LogP contribution is 2.25. The zero-order chi connectivity index (χ0) is 19.9. The van der Waals surface area contributed by atoms with E-state index in [2.05, 4.69) is 19.2 Å². The van der Waals surface area contributed by atoms with Crippen LogP contribution in [-0.2, 0) is 4.79 Å². The Bertz CT molecular complexity index is 863. The minimum atomic E-state index is -0.245. The summed E-state index contributed by atoms with van der Waals surface area (Å²) >= 11 is 1.63. The maximum absolute atomic E-state index is 13.2. The Hall–Kier alpha value is -2.50. The SMILES string of the molecule is CC(C)[C@H]([NH2+]CC(=O)N[C@H](c1ccccc1)c1cccs1)c1ccc(F)cc1. The predicted octanol–water partition coefficient (Wildman–Crippen LogP) is 4.05. The van der Waals surface area contributed by atoms with Crippen molar-refractivity contribution in [3.8, 4) is 0 Å². The van der Waals surface area contributed by atoms with Gasteiger partial charge in [0.05, 0.1) is 6.04 Å². The first kappa shape index (κ1) is 20.2. The molecule has 3 aromatic rings. The minimum absolute atomic E-state index is 0.0185. The first-order chi connectivity index (χ1) is 13.5. The van der Waals surface area contributed by atoms with Crippen LogP contribution in [-0.4, -0.2) is 12.5 Å². The van der Waals surface area contributed by atoms with E-state index in [4.69, 9.17) is 0 Å². The van der Waals surface area contributed by atoms with E-state index in [9.17, 15) is 9.18 Å². The molecule has 0 aliphatic rings. The smallest absolute Gasteiger partial charge is 0.275 e. The molecule has 2 atom stereocenters. The van der Waals surface area contributed by atoms with Crippen molar-refractivity contribution >= 4 is 17.2 Å². The molecule has 1 amide bonds. The molecule has 0 aliphatic carbocycles. The third-order valence-corrected chi connectivity index (χ3v) is 5.73. The fourth-order valence-electron chi connectivity index (χ4n) is 3.35. The lowest BCUT2D eigenvalue weighted by molar-refractivity contribution is -0.692. The van der Waals surface area contributed by atoms with Gasteiger partial charge in [0.15, 0.2) is 6.54 Å². The van der Waals surface area contributed by atoms with Gasteiger partial charge in [0.25, 0.3) is 5.91 Å². The zero-order valence-corrected chi connectivity index (χ0v) is 17.0. The molecule has 0 unspecified atom stereocenters. The van der Waals surface area contributed by atoms with Crippen LogP contribution in [0, 0.1) is 11.7 Å². The van der Waals surface area contributed by atoms with Crippen molar-refractivity contribution < 1.29 is 14.5 Å². The molecule has 3 nitrogen and oxygen atoms in total. The molecule has 1 heterocycles. The lowest BCUT2D eigenvalue weighted by Gasteiger charge is -2.21. The van der Waals surface area contributed by atoms with Crippen LogP contribution >= 0.6 is 11.3 Å². The third kappa shape index (κ3) is 5.27. The Kier molecular flexibility index (Phi) is 6.95. The molecule has 0 aliphatic heterocycles. The molecule has 146 valence electrons. The average Bonchev–Trinajstić information content (AvgIpc) is 3.22. The summed E-state index contributed by atoms with van der Waals surface area (Å²) in [5.74, 6) is 0.0566. The molecule has 0 bridgehead atoms. The maximum Gasteiger partial charge on any atom is 0.275 e. The lowest BCUT2D eigenvalue weighted by Crippen LogP contribution is -2.88. The second-order valence-corrected chi connectivity index (χ2v) is 8.17. The summed E-state index contributed by atoms with van der Waals surface area (Å²) in [5.41, 5.74) is 2.10. The molecule has 1 aromatic heterocycles. The maximum atomic E-state index is 13.2. The fourth-order valence-corrected chi connectivity index (χ4v) is 4.15. The first-order valence-corrected chi connectivity index (χ1v) is 10.4. The number of benzene rings is 2. The van der Waals surface area contributed by atoms with Crippen LogP contribution in [0.1, 0.15) is 41.9 Å². The Morgan fingerprint density at radius 2 is 1.71 bits per heavy atom. The molecule has 0 radical (unpaired) electrons. The highest BCUT2D eigenvalue weighted by Gasteiger charge is 2.23. The predicted molar refractivity (Wildman–Crippen MR) is 112 cm³/mol. The van der Waals surface area contributed by atoms with Gasteiger partial charge in [-0.3, -0.25) is 4.79 Å². The number of halogens is 1. The van der Waals surface area contributed by atoms with Crippen LogP contribution in [0.15, 0.2) is 72.1 Å². The van der Waals surface area contributed by atoms with Gasteiger partial charge < -0.3 is 10.6 Å². The van der Waals surface area contributed by atoms with E-state index in [0.717, 1.165) is 16.0 Å². The Morgan fingerprint density at radius 1 is 1.00 bits per heavy atom. The first-order valence-electron chi connectivity index (χ1n) is 9.51. The number of carbonyl (C=O) groups is 1. The van der Waals surface area contributed by atoms with E-state index in [-0.39, 0.29) is 23.8 Å². The molecule has 5 heteroatoms. The molecular weight excluding hydrogens is 371 g/mol. The normalized spacial score (nSPS) is 13.3. The number of nitrogens with two attached hydrogens (primary N) is 1. The van der Waals surface area contributed by atoms with Crippen molar-refractivity contribution in [2.45, 2.75) is 25.9 Å². The highest BCUT2D eigenvalue weighted by molar-refractivity contribution is 7.10. The van der Waals surface area contributed by atoms with Gasteiger partial charge in [0.2, 0.25) is 0 Å². The largest absolute Gasteiger partial charge is 0.339 e. The van der Waals surface area contributed by atoms with Gasteiger partial charge in [0, 0.05) is 16.4 Å². The number of nitrogens with one attached hydrogen (secondary N) is 1. The zero-order valence-electron chi connectivity index (χ0n) is 16.1. The number of rotatable bonds is 8. The highest BCUT2D eigenvalue weighted by atomic mass is 32.1. The van der Waals surface area contributed by atoms with Crippen LogP contribution in [0.2, 0.25) is 0 Å². The molecule has 2 aromatic carbocycles. The third-order valence-electron chi connectivity index (χ3n) is 4.80. The molecule has 28 heavy (non-hydrogen) atoms. The molecule has 0 fully saturated rings. The van der Waals surface area contributed by atoms with Gasteiger partial charge >= 0.3 is 0 Å². The van der Waals surface area contributed by atoms with Crippen molar-refractivity contribution in [1.82, 2.24) is 5.32 Å². The van der Waals surface area contributed by atoms with Crippen molar-refractivity contribution in [2.75, 3.05) is 6.54 Å². The number of hydrogen-bond donors (Lipinski definition) is 2. The van der Waals surface area contributed by atoms with E-state index < -0.39 is 0 Å². The Labute approximate surface area is 169 Å². The summed E-state index contributed by atoms with van der Waals surface area (Å²) < 4.78 is 13.2. The average molecular weight is 398 g/mol. The summed E-state index contributed by atoms with van der Waals surface area (Å²) in [6.45, 7) is 4.54. The van der Waals surface area contributed by atoms with E-state index in [0.29, 0.717) is 12.5 Å². The molecule has 0 saturated heterocycles. The van der Waals surface area contributed by atoms with Gasteiger partial charge in [-0.1, -0.05) is 62.4 Å². The van der Waals surface area contributed by atoms with Crippen molar-refractivity contribution in [2.24, 2.45) is 5.92 Å². The number of thiophene rings is 1. The van der Waals surface area contributed by atoms with Crippen molar-refractivity contribution in [3.05, 3.63) is 93.9 Å². The van der Waals surface area contributed by atoms with Crippen LogP contribution < -0.4 is 10.6 Å². The van der Waals surface area contributed by atoms with E-state index in [1.165, 1.54) is 12.1 Å². The lowest BCUT2D eigenvalue weighted by atomic mass is 9.96.